The van der Waals surface area contributed by atoms with E-state index in [-0.39, 0.29) is 12.6 Å². The molecule has 0 aliphatic heterocycles. The van der Waals surface area contributed by atoms with Crippen LogP contribution in [0.15, 0.2) is 0 Å². The van der Waals surface area contributed by atoms with Crippen molar-refractivity contribution in [2.24, 2.45) is 0 Å². The van der Waals surface area contributed by atoms with E-state index in [0.29, 0.717) is 59.3 Å². The van der Waals surface area contributed by atoms with E-state index in [1.165, 1.54) is 70.6 Å². The van der Waals surface area contributed by atoms with Gasteiger partial charge in [-0.2, -0.15) is 0 Å². The molecule has 198 valence electrons. The zero-order valence-electron chi connectivity index (χ0n) is 21.3. The Bertz CT molecular complexity index is 384. The molecule has 0 aliphatic rings. The first-order chi connectivity index (χ1) is 16.3. The third-order valence-electron chi connectivity index (χ3n) is 5.31. The molecule has 0 aromatic rings. The molecule has 0 amide bonds. The molecule has 0 radical (unpaired) electrons. The second-order valence-electron chi connectivity index (χ2n) is 8.35. The van der Waals surface area contributed by atoms with Crippen LogP contribution in [0.25, 0.3) is 0 Å². The molecule has 0 aliphatic carbocycles. The minimum Gasteiger partial charge on any atom is -0.463 e. The molecule has 33 heavy (non-hydrogen) atoms. The van der Waals surface area contributed by atoms with Crippen molar-refractivity contribution in [1.82, 2.24) is 0 Å². The predicted molar refractivity (Wildman–Crippen MR) is 131 cm³/mol. The summed E-state index contributed by atoms with van der Waals surface area (Å²) >= 11 is 0. The number of halogens is 1. The van der Waals surface area contributed by atoms with Crippen LogP contribution in [0.2, 0.25) is 0 Å². The van der Waals surface area contributed by atoms with Gasteiger partial charge in [0.1, 0.15) is 13.3 Å². The monoisotopic (exact) mass is 478 g/mol. The average Bonchev–Trinajstić information content (AvgIpc) is 2.82. The molecule has 0 saturated heterocycles. The number of hydrogen-bond donors (Lipinski definition) is 0. The maximum Gasteiger partial charge on any atom is 0.305 e. The van der Waals surface area contributed by atoms with Gasteiger partial charge in [-0.25, -0.2) is 4.39 Å². The molecular formula is C26H51FO6. The molecule has 0 spiro atoms. The number of ether oxygens (including phenoxy) is 5. The zero-order chi connectivity index (χ0) is 24.1. The lowest BCUT2D eigenvalue weighted by Gasteiger charge is -2.08. The van der Waals surface area contributed by atoms with Gasteiger partial charge in [-0.05, 0) is 6.42 Å². The largest absolute Gasteiger partial charge is 0.463 e. The van der Waals surface area contributed by atoms with Crippen LogP contribution in [-0.4, -0.2) is 72.1 Å². The Kier molecular flexibility index (Phi) is 28.6. The zero-order valence-corrected chi connectivity index (χ0v) is 21.3. The van der Waals surface area contributed by atoms with Crippen LogP contribution < -0.4 is 0 Å². The SMILES string of the molecule is CCCCCCCCCCCCCCCC(=O)OCCOCCOCCOCCOCCF. The first kappa shape index (κ1) is 32.2. The Balaban J connectivity index is 3.14. The maximum atomic E-state index is 11.8. The number of carbonyl (C=O) groups excluding carboxylic acids is 1. The van der Waals surface area contributed by atoms with E-state index < -0.39 is 6.67 Å². The highest BCUT2D eigenvalue weighted by Crippen LogP contribution is 2.13. The van der Waals surface area contributed by atoms with Gasteiger partial charge in [0.25, 0.3) is 0 Å². The molecule has 0 N–H and O–H groups in total. The molecule has 0 fully saturated rings. The molecule has 0 aromatic carbocycles. The van der Waals surface area contributed by atoms with E-state index >= 15 is 0 Å². The number of unbranched alkanes of at least 4 members (excludes halogenated alkanes) is 12. The van der Waals surface area contributed by atoms with Crippen molar-refractivity contribution in [1.29, 1.82) is 0 Å². The molecule has 0 bridgehead atoms. The van der Waals surface area contributed by atoms with Crippen LogP contribution >= 0.6 is 0 Å². The van der Waals surface area contributed by atoms with E-state index in [0.717, 1.165) is 12.8 Å². The Morgan fingerprint density at radius 1 is 0.515 bits per heavy atom. The first-order valence-electron chi connectivity index (χ1n) is 13.3. The summed E-state index contributed by atoms with van der Waals surface area (Å²) in [6, 6.07) is 0. The lowest BCUT2D eigenvalue weighted by Crippen LogP contribution is -2.14. The lowest BCUT2D eigenvalue weighted by atomic mass is 10.0. The van der Waals surface area contributed by atoms with Crippen LogP contribution in [0.4, 0.5) is 4.39 Å². The highest BCUT2D eigenvalue weighted by atomic mass is 19.1. The highest BCUT2D eigenvalue weighted by Gasteiger charge is 2.02. The topological polar surface area (TPSA) is 63.2 Å². The molecule has 0 unspecified atom stereocenters. The van der Waals surface area contributed by atoms with E-state index in [9.17, 15) is 9.18 Å². The Labute approximate surface area is 202 Å². The molecule has 0 atom stereocenters. The van der Waals surface area contributed by atoms with Gasteiger partial charge < -0.3 is 23.7 Å². The summed E-state index contributed by atoms with van der Waals surface area (Å²) in [6.45, 7) is 5.28. The van der Waals surface area contributed by atoms with Gasteiger partial charge in [-0.3, -0.25) is 4.79 Å². The standard InChI is InChI=1S/C26H51FO6/c1-2-3-4-5-6-7-8-9-10-11-12-13-14-15-26(28)33-25-24-32-23-22-31-21-20-30-19-18-29-17-16-27/h2-25H2,1H3. The van der Waals surface area contributed by atoms with Crippen molar-refractivity contribution in [2.45, 2.75) is 96.8 Å². The molecule has 7 heteroatoms. The Hall–Kier alpha value is -0.760. The molecule has 0 rings (SSSR count). The minimum absolute atomic E-state index is 0.117. The van der Waals surface area contributed by atoms with Crippen molar-refractivity contribution < 1.29 is 32.9 Å². The van der Waals surface area contributed by atoms with Gasteiger partial charge in [0.05, 0.1) is 52.9 Å². The summed E-state index contributed by atoms with van der Waals surface area (Å²) in [4.78, 5) is 11.7. The van der Waals surface area contributed by atoms with E-state index in [2.05, 4.69) is 6.92 Å². The van der Waals surface area contributed by atoms with E-state index in [1.54, 1.807) is 0 Å². The van der Waals surface area contributed by atoms with Gasteiger partial charge in [0.2, 0.25) is 0 Å². The summed E-state index contributed by atoms with van der Waals surface area (Å²) in [5, 5.41) is 0. The fraction of sp³-hybridized carbons (Fsp3) is 0.962. The van der Waals surface area contributed by atoms with E-state index in [1.807, 2.05) is 0 Å². The van der Waals surface area contributed by atoms with Crippen LogP contribution in [0, 0.1) is 0 Å². The fourth-order valence-electron chi connectivity index (χ4n) is 3.39. The summed E-state index contributed by atoms with van der Waals surface area (Å²) in [7, 11) is 0. The van der Waals surface area contributed by atoms with Gasteiger partial charge in [0, 0.05) is 6.42 Å². The quantitative estimate of drug-likeness (QED) is 0.101. The van der Waals surface area contributed by atoms with Crippen LogP contribution in [0.3, 0.4) is 0 Å². The molecule has 6 nitrogen and oxygen atoms in total. The van der Waals surface area contributed by atoms with Gasteiger partial charge in [-0.15, -0.1) is 0 Å². The first-order valence-corrected chi connectivity index (χ1v) is 13.3. The number of carbonyl (C=O) groups is 1. The third kappa shape index (κ3) is 29.2. The molecular weight excluding hydrogens is 427 g/mol. The normalized spacial score (nSPS) is 11.2. The Morgan fingerprint density at radius 2 is 0.879 bits per heavy atom. The minimum atomic E-state index is -0.470. The van der Waals surface area contributed by atoms with Gasteiger partial charge in [0.15, 0.2) is 0 Å². The van der Waals surface area contributed by atoms with Gasteiger partial charge >= 0.3 is 5.97 Å². The summed E-state index contributed by atoms with van der Waals surface area (Å²) in [5.41, 5.74) is 0. The second-order valence-corrected chi connectivity index (χ2v) is 8.35. The molecule has 0 saturated carbocycles. The number of hydrogen-bond acceptors (Lipinski definition) is 6. The molecule has 0 heterocycles. The average molecular weight is 479 g/mol. The smallest absolute Gasteiger partial charge is 0.305 e. The highest BCUT2D eigenvalue weighted by molar-refractivity contribution is 5.69. The fourth-order valence-corrected chi connectivity index (χ4v) is 3.39. The summed E-state index contributed by atoms with van der Waals surface area (Å²) in [6.07, 6.45) is 17.4. The van der Waals surface area contributed by atoms with Crippen LogP contribution in [-0.2, 0) is 28.5 Å². The summed E-state index contributed by atoms with van der Waals surface area (Å²) < 4.78 is 37.9. The number of esters is 1. The number of alkyl halides is 1. The van der Waals surface area contributed by atoms with Crippen LogP contribution in [0.5, 0.6) is 0 Å². The van der Waals surface area contributed by atoms with Crippen molar-refractivity contribution in [3.63, 3.8) is 0 Å². The lowest BCUT2D eigenvalue weighted by molar-refractivity contribution is -0.145. The Morgan fingerprint density at radius 3 is 1.30 bits per heavy atom. The second kappa shape index (κ2) is 29.3. The van der Waals surface area contributed by atoms with Crippen molar-refractivity contribution in [2.75, 3.05) is 66.1 Å². The van der Waals surface area contributed by atoms with Crippen molar-refractivity contribution >= 4 is 5.97 Å². The third-order valence-corrected chi connectivity index (χ3v) is 5.31. The predicted octanol–water partition coefficient (Wildman–Crippen LogP) is 6.05. The van der Waals surface area contributed by atoms with Crippen molar-refractivity contribution in [3.05, 3.63) is 0 Å². The summed E-state index contributed by atoms with van der Waals surface area (Å²) in [5.74, 6) is -0.134. The van der Waals surface area contributed by atoms with Gasteiger partial charge in [-0.1, -0.05) is 84.0 Å². The number of rotatable bonds is 28. The van der Waals surface area contributed by atoms with Crippen molar-refractivity contribution in [3.8, 4) is 0 Å². The van der Waals surface area contributed by atoms with E-state index in [4.69, 9.17) is 23.7 Å². The molecule has 0 aromatic heterocycles. The van der Waals surface area contributed by atoms with Crippen LogP contribution in [0.1, 0.15) is 96.8 Å². The maximum absolute atomic E-state index is 11.8.